The summed E-state index contributed by atoms with van der Waals surface area (Å²) in [6.07, 6.45) is 0.649. The summed E-state index contributed by atoms with van der Waals surface area (Å²) >= 11 is 5.99. The number of furan rings is 1. The number of aldehydes is 1. The zero-order chi connectivity index (χ0) is 19.0. The van der Waals surface area contributed by atoms with Crippen LogP contribution in [0.15, 0.2) is 65.1 Å². The van der Waals surface area contributed by atoms with E-state index in [-0.39, 0.29) is 11.3 Å². The molecule has 0 bridgehead atoms. The molecule has 0 saturated heterocycles. The van der Waals surface area contributed by atoms with Crippen molar-refractivity contribution in [2.45, 2.75) is 0 Å². The molecule has 2 heterocycles. The molecule has 0 unspecified atom stereocenters. The number of hydrogen-bond donors (Lipinski definition) is 1. The first-order chi connectivity index (χ1) is 13.0. The maximum atomic E-state index is 11.7. The molecule has 4 rings (SSSR count). The average molecular weight is 378 g/mol. The minimum Gasteiger partial charge on any atom is -0.478 e. The summed E-state index contributed by atoms with van der Waals surface area (Å²) in [4.78, 5) is 27.0. The monoisotopic (exact) mass is 377 g/mol. The van der Waals surface area contributed by atoms with Crippen molar-refractivity contribution >= 4 is 34.8 Å². The van der Waals surface area contributed by atoms with Gasteiger partial charge in [0.1, 0.15) is 5.76 Å². The predicted octanol–water partition coefficient (Wildman–Crippen LogP) is 5.33. The minimum absolute atomic E-state index is 0.142. The Morgan fingerprint density at radius 2 is 1.74 bits per heavy atom. The van der Waals surface area contributed by atoms with Crippen molar-refractivity contribution in [3.63, 3.8) is 0 Å². The molecule has 0 aliphatic carbocycles. The van der Waals surface area contributed by atoms with Crippen LogP contribution in [-0.4, -0.2) is 22.3 Å². The third-order valence-corrected chi connectivity index (χ3v) is 4.44. The Balaban J connectivity index is 1.78. The lowest BCUT2D eigenvalue weighted by Gasteiger charge is -2.08. The topological polar surface area (TPSA) is 80.4 Å². The first-order valence-electron chi connectivity index (χ1n) is 8.04. The highest BCUT2D eigenvalue weighted by Crippen LogP contribution is 2.29. The van der Waals surface area contributed by atoms with Crippen molar-refractivity contribution < 1.29 is 19.1 Å². The van der Waals surface area contributed by atoms with Crippen molar-refractivity contribution in [2.75, 3.05) is 0 Å². The van der Waals surface area contributed by atoms with E-state index in [1.165, 1.54) is 6.07 Å². The van der Waals surface area contributed by atoms with Crippen molar-refractivity contribution in [1.82, 2.24) is 4.98 Å². The Kier molecular flexibility index (Phi) is 4.22. The molecule has 2 aromatic carbocycles. The predicted molar refractivity (Wildman–Crippen MR) is 102 cm³/mol. The Hall–Kier alpha value is -3.44. The number of carbonyl (C=O) groups excluding carboxylic acids is 1. The molecule has 1 N–H and O–H groups in total. The molecule has 0 amide bonds. The molecule has 5 nitrogen and oxygen atoms in total. The van der Waals surface area contributed by atoms with Gasteiger partial charge in [-0.2, -0.15) is 0 Å². The van der Waals surface area contributed by atoms with Crippen LogP contribution in [0.2, 0.25) is 5.02 Å². The van der Waals surface area contributed by atoms with Gasteiger partial charge in [0.15, 0.2) is 12.0 Å². The number of halogens is 1. The number of carbonyl (C=O) groups is 2. The summed E-state index contributed by atoms with van der Waals surface area (Å²) < 4.78 is 5.41. The van der Waals surface area contributed by atoms with Crippen molar-refractivity contribution in [3.8, 4) is 22.6 Å². The third kappa shape index (κ3) is 3.20. The molecule has 4 aromatic rings. The van der Waals surface area contributed by atoms with Crippen LogP contribution >= 0.6 is 11.6 Å². The first kappa shape index (κ1) is 17.0. The highest BCUT2D eigenvalue weighted by molar-refractivity contribution is 6.31. The lowest BCUT2D eigenvalue weighted by Crippen LogP contribution is -2.00. The van der Waals surface area contributed by atoms with Gasteiger partial charge in [0.05, 0.1) is 16.8 Å². The summed E-state index contributed by atoms with van der Waals surface area (Å²) in [6.45, 7) is 0. The molecular weight excluding hydrogens is 366 g/mol. The largest absolute Gasteiger partial charge is 0.478 e. The highest BCUT2D eigenvalue weighted by atomic mass is 35.5. The van der Waals surface area contributed by atoms with Crippen LogP contribution in [0.5, 0.6) is 0 Å². The van der Waals surface area contributed by atoms with Gasteiger partial charge in [-0.1, -0.05) is 35.9 Å². The molecule has 0 spiro atoms. The van der Waals surface area contributed by atoms with Crippen molar-refractivity contribution in [3.05, 3.63) is 77.0 Å². The SMILES string of the molecule is O=Cc1ccc(-c2ccc(-c3cc(C(=O)O)c4cc(Cl)ccc4n3)cc2)o1. The smallest absolute Gasteiger partial charge is 0.336 e. The molecule has 0 fully saturated rings. The van der Waals surface area contributed by atoms with E-state index in [2.05, 4.69) is 4.98 Å². The number of fused-ring (bicyclic) bond motifs is 1. The van der Waals surface area contributed by atoms with Gasteiger partial charge >= 0.3 is 5.97 Å². The zero-order valence-corrected chi connectivity index (χ0v) is 14.6. The molecular formula is C21H12ClNO4. The summed E-state index contributed by atoms with van der Waals surface area (Å²) in [6, 6.07) is 17.2. The number of aromatic carboxylic acids is 1. The lowest BCUT2D eigenvalue weighted by molar-refractivity contribution is 0.0699. The van der Waals surface area contributed by atoms with Gasteiger partial charge in [0.2, 0.25) is 0 Å². The fourth-order valence-corrected chi connectivity index (χ4v) is 3.07. The molecule has 0 atom stereocenters. The van der Waals surface area contributed by atoms with E-state index in [0.29, 0.717) is 33.7 Å². The molecule has 0 saturated carbocycles. The summed E-state index contributed by atoms with van der Waals surface area (Å²) in [5.74, 6) is -0.203. The number of rotatable bonds is 4. The summed E-state index contributed by atoms with van der Waals surface area (Å²) in [7, 11) is 0. The Bertz CT molecular complexity index is 1180. The van der Waals surface area contributed by atoms with Crippen LogP contribution in [-0.2, 0) is 0 Å². The van der Waals surface area contributed by atoms with Crippen molar-refractivity contribution in [2.24, 2.45) is 0 Å². The lowest BCUT2D eigenvalue weighted by atomic mass is 10.0. The quantitative estimate of drug-likeness (QED) is 0.486. The van der Waals surface area contributed by atoms with Gasteiger partial charge in [-0.3, -0.25) is 4.79 Å². The van der Waals surface area contributed by atoms with E-state index >= 15 is 0 Å². The third-order valence-electron chi connectivity index (χ3n) is 4.21. The van der Waals surface area contributed by atoms with Gasteiger partial charge < -0.3 is 9.52 Å². The number of carboxylic acid groups (broad SMARTS) is 1. The van der Waals surface area contributed by atoms with E-state index in [4.69, 9.17) is 16.0 Å². The van der Waals surface area contributed by atoms with Crippen LogP contribution in [0.25, 0.3) is 33.5 Å². The van der Waals surface area contributed by atoms with Gasteiger partial charge in [0.25, 0.3) is 0 Å². The number of benzene rings is 2. The number of nitrogens with zero attached hydrogens (tertiary/aromatic N) is 1. The second kappa shape index (κ2) is 6.70. The Morgan fingerprint density at radius 3 is 2.41 bits per heavy atom. The second-order valence-electron chi connectivity index (χ2n) is 5.92. The zero-order valence-electron chi connectivity index (χ0n) is 13.8. The normalized spacial score (nSPS) is 10.9. The maximum absolute atomic E-state index is 11.7. The van der Waals surface area contributed by atoms with Gasteiger partial charge in [-0.25, -0.2) is 9.78 Å². The van der Waals surface area contributed by atoms with Gasteiger partial charge in [-0.15, -0.1) is 0 Å². The van der Waals surface area contributed by atoms with Crippen LogP contribution in [0.4, 0.5) is 0 Å². The average Bonchev–Trinajstić information content (AvgIpc) is 3.16. The molecule has 0 radical (unpaired) electrons. The molecule has 6 heteroatoms. The Labute approximate surface area is 158 Å². The van der Waals surface area contributed by atoms with E-state index in [1.807, 2.05) is 24.3 Å². The molecule has 27 heavy (non-hydrogen) atoms. The van der Waals surface area contributed by atoms with Crippen LogP contribution in [0, 0.1) is 0 Å². The van der Waals surface area contributed by atoms with E-state index < -0.39 is 5.97 Å². The fourth-order valence-electron chi connectivity index (χ4n) is 2.90. The summed E-state index contributed by atoms with van der Waals surface area (Å²) in [5, 5.41) is 10.5. The van der Waals surface area contributed by atoms with E-state index in [0.717, 1.165) is 11.1 Å². The number of pyridine rings is 1. The van der Waals surface area contributed by atoms with Crippen LogP contribution in [0.3, 0.4) is 0 Å². The Morgan fingerprint density at radius 1 is 1.00 bits per heavy atom. The number of carboxylic acids is 1. The summed E-state index contributed by atoms with van der Waals surface area (Å²) in [5.41, 5.74) is 2.81. The molecule has 2 aromatic heterocycles. The maximum Gasteiger partial charge on any atom is 0.336 e. The molecule has 0 aliphatic heterocycles. The van der Waals surface area contributed by atoms with Crippen molar-refractivity contribution in [1.29, 1.82) is 0 Å². The number of hydrogen-bond acceptors (Lipinski definition) is 4. The van der Waals surface area contributed by atoms with Crippen LogP contribution in [0.1, 0.15) is 20.9 Å². The molecule has 0 aliphatic rings. The minimum atomic E-state index is -1.04. The standard InChI is InChI=1S/C21H12ClNO4/c22-14-5-7-18-16(9-14)17(21(25)26)10-19(23-18)12-1-3-13(4-2-12)20-8-6-15(11-24)27-20/h1-11H,(H,25,26). The fraction of sp³-hybridized carbons (Fsp3) is 0. The number of aromatic nitrogens is 1. The molecule has 132 valence electrons. The second-order valence-corrected chi connectivity index (χ2v) is 6.36. The first-order valence-corrected chi connectivity index (χ1v) is 8.42. The van der Waals surface area contributed by atoms with Crippen LogP contribution < -0.4 is 0 Å². The van der Waals surface area contributed by atoms with Gasteiger partial charge in [0, 0.05) is 21.5 Å². The van der Waals surface area contributed by atoms with Gasteiger partial charge in [-0.05, 0) is 36.4 Å². The van der Waals surface area contributed by atoms with E-state index in [9.17, 15) is 14.7 Å². The van der Waals surface area contributed by atoms with E-state index in [1.54, 1.807) is 30.3 Å². The highest BCUT2D eigenvalue weighted by Gasteiger charge is 2.14.